The average molecular weight is 512 g/mol. The molecule has 0 radical (unpaired) electrons. The molecule has 0 bridgehead atoms. The summed E-state index contributed by atoms with van der Waals surface area (Å²) in [5.41, 5.74) is 6.38. The van der Waals surface area contributed by atoms with Crippen LogP contribution in [-0.4, -0.2) is 27.8 Å². The van der Waals surface area contributed by atoms with Crippen molar-refractivity contribution >= 4 is 58.0 Å². The second kappa shape index (κ2) is 11.2. The lowest BCUT2D eigenvalue weighted by Crippen LogP contribution is -2.48. The number of amides is 3. The van der Waals surface area contributed by atoms with Crippen LogP contribution in [0.15, 0.2) is 66.7 Å². The molecule has 10 nitrogen and oxygen atoms in total. The molecule has 0 aliphatic carbocycles. The monoisotopic (exact) mass is 511 g/mol. The summed E-state index contributed by atoms with van der Waals surface area (Å²) >= 11 is 10.7. The highest BCUT2D eigenvalue weighted by molar-refractivity contribution is 7.80. The fraction of sp³-hybridized carbons (Fsp3) is 0.0435. The Bertz CT molecular complexity index is 1330. The molecule has 0 aliphatic rings. The number of nitro groups is 1. The van der Waals surface area contributed by atoms with Crippen molar-refractivity contribution in [1.29, 1.82) is 0 Å². The zero-order valence-electron chi connectivity index (χ0n) is 18.1. The molecule has 0 saturated heterocycles. The van der Waals surface area contributed by atoms with Gasteiger partial charge in [-0.1, -0.05) is 29.8 Å². The molecule has 0 unspecified atom stereocenters. The Hall–Kier alpha value is -4.35. The van der Waals surface area contributed by atoms with Crippen molar-refractivity contribution in [2.24, 2.45) is 0 Å². The van der Waals surface area contributed by atoms with E-state index in [1.54, 1.807) is 24.3 Å². The number of hydrazine groups is 1. The Balaban J connectivity index is 1.53. The molecule has 0 aromatic heterocycles. The summed E-state index contributed by atoms with van der Waals surface area (Å²) in [6.45, 7) is 1.83. The molecule has 4 N–H and O–H groups in total. The molecule has 0 saturated carbocycles. The molecule has 3 amide bonds. The SMILES string of the molecule is Cc1ccccc1C(=O)Nc1ccc(C(=O)NNC(=S)NC(=O)c2ccc(Cl)c([N+](=O)[O-])c2)cc1. The highest BCUT2D eigenvalue weighted by Crippen LogP contribution is 2.25. The summed E-state index contributed by atoms with van der Waals surface area (Å²) in [4.78, 5) is 47.2. The van der Waals surface area contributed by atoms with Crippen LogP contribution in [0.1, 0.15) is 36.6 Å². The number of rotatable bonds is 5. The summed E-state index contributed by atoms with van der Waals surface area (Å²) in [7, 11) is 0. The number of halogens is 1. The van der Waals surface area contributed by atoms with Gasteiger partial charge in [-0.05, 0) is 67.2 Å². The minimum atomic E-state index is -0.731. The van der Waals surface area contributed by atoms with Crippen molar-refractivity contribution < 1.29 is 19.3 Å². The number of nitrogens with zero attached hydrogens (tertiary/aromatic N) is 1. The van der Waals surface area contributed by atoms with E-state index >= 15 is 0 Å². The van der Waals surface area contributed by atoms with Gasteiger partial charge in [-0.2, -0.15) is 0 Å². The predicted octanol–water partition coefficient (Wildman–Crippen LogP) is 3.76. The van der Waals surface area contributed by atoms with Gasteiger partial charge in [0.2, 0.25) is 0 Å². The van der Waals surface area contributed by atoms with E-state index in [9.17, 15) is 24.5 Å². The van der Waals surface area contributed by atoms with Crippen LogP contribution in [0, 0.1) is 17.0 Å². The Labute approximate surface area is 209 Å². The van der Waals surface area contributed by atoms with E-state index in [2.05, 4.69) is 21.5 Å². The minimum Gasteiger partial charge on any atom is -0.322 e. The third-order valence-corrected chi connectivity index (χ3v) is 5.24. The summed E-state index contributed by atoms with van der Waals surface area (Å²) in [6.07, 6.45) is 0. The van der Waals surface area contributed by atoms with Gasteiger partial charge in [0.15, 0.2) is 5.11 Å². The van der Waals surface area contributed by atoms with E-state index in [1.165, 1.54) is 24.3 Å². The lowest BCUT2D eigenvalue weighted by atomic mass is 10.1. The predicted molar refractivity (Wildman–Crippen MR) is 134 cm³/mol. The van der Waals surface area contributed by atoms with Gasteiger partial charge < -0.3 is 5.32 Å². The van der Waals surface area contributed by atoms with Crippen LogP contribution in [0.4, 0.5) is 11.4 Å². The van der Waals surface area contributed by atoms with Gasteiger partial charge in [0.25, 0.3) is 23.4 Å². The van der Waals surface area contributed by atoms with E-state index in [-0.39, 0.29) is 27.2 Å². The smallest absolute Gasteiger partial charge is 0.288 e. The highest BCUT2D eigenvalue weighted by Gasteiger charge is 2.17. The largest absolute Gasteiger partial charge is 0.322 e. The van der Waals surface area contributed by atoms with Crippen LogP contribution in [0.5, 0.6) is 0 Å². The molecule has 178 valence electrons. The maximum atomic E-state index is 12.4. The van der Waals surface area contributed by atoms with E-state index in [0.29, 0.717) is 11.3 Å². The number of thiocarbonyl (C=S) groups is 1. The Morgan fingerprint density at radius 1 is 0.886 bits per heavy atom. The Kier molecular flexibility index (Phi) is 8.08. The van der Waals surface area contributed by atoms with Gasteiger partial charge in [0.1, 0.15) is 5.02 Å². The number of carbonyl (C=O) groups excluding carboxylic acids is 3. The summed E-state index contributed by atoms with van der Waals surface area (Å²) in [5, 5.41) is 15.7. The minimum absolute atomic E-state index is 0.0418. The molecule has 0 heterocycles. The van der Waals surface area contributed by atoms with Crippen LogP contribution in [0.25, 0.3) is 0 Å². The number of nitrogens with one attached hydrogen (secondary N) is 4. The van der Waals surface area contributed by atoms with Crippen molar-refractivity contribution in [1.82, 2.24) is 16.2 Å². The molecular formula is C23H18ClN5O5S. The first-order valence-electron chi connectivity index (χ1n) is 9.98. The maximum absolute atomic E-state index is 12.4. The van der Waals surface area contributed by atoms with Crippen LogP contribution in [0.3, 0.4) is 0 Å². The molecule has 0 spiro atoms. The summed E-state index contributed by atoms with van der Waals surface area (Å²) < 4.78 is 0. The number of benzene rings is 3. The molecule has 35 heavy (non-hydrogen) atoms. The quantitative estimate of drug-likeness (QED) is 0.232. The first kappa shape index (κ1) is 25.3. The molecule has 12 heteroatoms. The fourth-order valence-electron chi connectivity index (χ4n) is 2.92. The van der Waals surface area contributed by atoms with Crippen LogP contribution >= 0.6 is 23.8 Å². The normalized spacial score (nSPS) is 10.1. The summed E-state index contributed by atoms with van der Waals surface area (Å²) in [5.74, 6) is -1.56. The first-order chi connectivity index (χ1) is 16.7. The van der Waals surface area contributed by atoms with Crippen molar-refractivity contribution in [2.75, 3.05) is 5.32 Å². The number of hydrogen-bond donors (Lipinski definition) is 4. The van der Waals surface area contributed by atoms with Crippen molar-refractivity contribution in [2.45, 2.75) is 6.92 Å². The molecule has 3 aromatic carbocycles. The first-order valence-corrected chi connectivity index (χ1v) is 10.8. The zero-order valence-corrected chi connectivity index (χ0v) is 19.7. The van der Waals surface area contributed by atoms with Gasteiger partial charge in [-0.15, -0.1) is 0 Å². The molecule has 3 aromatic rings. The Morgan fingerprint density at radius 3 is 2.20 bits per heavy atom. The topological polar surface area (TPSA) is 142 Å². The van der Waals surface area contributed by atoms with Crippen molar-refractivity contribution in [3.05, 3.63) is 104 Å². The maximum Gasteiger partial charge on any atom is 0.288 e. The number of nitro benzene ring substituents is 1. The highest BCUT2D eigenvalue weighted by atomic mass is 35.5. The number of anilines is 1. The third kappa shape index (κ3) is 6.59. The average Bonchev–Trinajstić information content (AvgIpc) is 2.83. The van der Waals surface area contributed by atoms with E-state index < -0.39 is 22.4 Å². The number of aryl methyl sites for hydroxylation is 1. The second-order valence-corrected chi connectivity index (χ2v) is 7.95. The molecular weight excluding hydrogens is 494 g/mol. The van der Waals surface area contributed by atoms with E-state index in [4.69, 9.17) is 23.8 Å². The van der Waals surface area contributed by atoms with Gasteiger partial charge in [-0.25, -0.2) is 0 Å². The van der Waals surface area contributed by atoms with Gasteiger partial charge >= 0.3 is 0 Å². The summed E-state index contributed by atoms with van der Waals surface area (Å²) in [6, 6.07) is 16.8. The van der Waals surface area contributed by atoms with Crippen LogP contribution in [-0.2, 0) is 0 Å². The van der Waals surface area contributed by atoms with Crippen molar-refractivity contribution in [3.8, 4) is 0 Å². The molecule has 0 fully saturated rings. The van der Waals surface area contributed by atoms with Crippen LogP contribution < -0.4 is 21.5 Å². The number of hydrogen-bond acceptors (Lipinski definition) is 6. The van der Waals surface area contributed by atoms with E-state index in [0.717, 1.165) is 11.6 Å². The van der Waals surface area contributed by atoms with Crippen molar-refractivity contribution in [3.63, 3.8) is 0 Å². The molecule has 0 aliphatic heterocycles. The lowest BCUT2D eigenvalue weighted by molar-refractivity contribution is -0.384. The fourth-order valence-corrected chi connectivity index (χ4v) is 3.25. The molecule has 3 rings (SSSR count). The van der Waals surface area contributed by atoms with E-state index in [1.807, 2.05) is 19.1 Å². The Morgan fingerprint density at radius 2 is 1.54 bits per heavy atom. The van der Waals surface area contributed by atoms with Crippen LogP contribution in [0.2, 0.25) is 5.02 Å². The second-order valence-electron chi connectivity index (χ2n) is 7.13. The van der Waals surface area contributed by atoms with Gasteiger partial charge in [0, 0.05) is 28.4 Å². The molecule has 0 atom stereocenters. The zero-order chi connectivity index (χ0) is 25.5. The van der Waals surface area contributed by atoms with Gasteiger partial charge in [0.05, 0.1) is 4.92 Å². The van der Waals surface area contributed by atoms with Gasteiger partial charge in [-0.3, -0.25) is 40.7 Å². The third-order valence-electron chi connectivity index (χ3n) is 4.72. The standard InChI is InChI=1S/C23H18ClN5O5S/c1-13-4-2-3-5-17(13)22(32)25-16-9-6-14(7-10-16)21(31)27-28-23(35)26-20(30)15-8-11-18(24)19(12-15)29(33)34/h2-12H,1H3,(H,25,32)(H,27,31)(H2,26,28,30,35). The lowest BCUT2D eigenvalue weighted by Gasteiger charge is -2.11. The number of carbonyl (C=O) groups is 3.